The summed E-state index contributed by atoms with van der Waals surface area (Å²) >= 11 is 5.97. The van der Waals surface area contributed by atoms with Crippen molar-refractivity contribution in [2.75, 3.05) is 24.5 Å². The van der Waals surface area contributed by atoms with E-state index in [1.165, 1.54) is 0 Å². The number of halogens is 1. The van der Waals surface area contributed by atoms with E-state index in [2.05, 4.69) is 20.2 Å². The highest BCUT2D eigenvalue weighted by molar-refractivity contribution is 6.30. The van der Waals surface area contributed by atoms with Crippen molar-refractivity contribution < 1.29 is 4.79 Å². The van der Waals surface area contributed by atoms with Gasteiger partial charge in [0.1, 0.15) is 5.82 Å². The molecule has 0 spiro atoms. The van der Waals surface area contributed by atoms with Crippen LogP contribution in [-0.4, -0.2) is 35.5 Å². The quantitative estimate of drug-likeness (QED) is 0.906. The number of anilines is 1. The summed E-state index contributed by atoms with van der Waals surface area (Å²) in [5.74, 6) is 1.12. The average Bonchev–Trinajstić information content (AvgIpc) is 2.63. The van der Waals surface area contributed by atoms with Crippen LogP contribution in [0.4, 0.5) is 5.82 Å². The molecule has 1 aromatic carbocycles. The summed E-state index contributed by atoms with van der Waals surface area (Å²) in [6.45, 7) is 2.32. The van der Waals surface area contributed by atoms with Crippen LogP contribution in [0.3, 0.4) is 0 Å². The third-order valence-corrected chi connectivity index (χ3v) is 4.58. The highest BCUT2D eigenvalue weighted by Crippen LogP contribution is 2.21. The lowest BCUT2D eigenvalue weighted by atomic mass is 9.96. The Morgan fingerprint density at radius 1 is 1.29 bits per heavy atom. The van der Waals surface area contributed by atoms with Gasteiger partial charge < -0.3 is 10.2 Å². The summed E-state index contributed by atoms with van der Waals surface area (Å²) in [4.78, 5) is 22.9. The molecule has 0 aliphatic carbocycles. The molecule has 1 aliphatic heterocycles. The number of amides is 1. The second-order valence-corrected chi connectivity index (χ2v) is 6.43. The van der Waals surface area contributed by atoms with Gasteiger partial charge in [0.2, 0.25) is 5.91 Å². The van der Waals surface area contributed by atoms with E-state index in [1.807, 2.05) is 24.3 Å². The van der Waals surface area contributed by atoms with Crippen molar-refractivity contribution in [2.45, 2.75) is 19.3 Å². The van der Waals surface area contributed by atoms with Crippen LogP contribution in [0.2, 0.25) is 5.02 Å². The van der Waals surface area contributed by atoms with Crippen molar-refractivity contribution in [1.82, 2.24) is 15.3 Å². The molecule has 0 unspecified atom stereocenters. The van der Waals surface area contributed by atoms with E-state index < -0.39 is 0 Å². The molecule has 5 nitrogen and oxygen atoms in total. The molecule has 0 atom stereocenters. The Labute approximate surface area is 147 Å². The summed E-state index contributed by atoms with van der Waals surface area (Å²) < 4.78 is 0. The third-order valence-electron chi connectivity index (χ3n) is 4.34. The van der Waals surface area contributed by atoms with Gasteiger partial charge in [0.05, 0.1) is 6.20 Å². The van der Waals surface area contributed by atoms with Crippen LogP contribution in [0.5, 0.6) is 0 Å². The number of aromatic nitrogens is 2. The lowest BCUT2D eigenvalue weighted by Gasteiger charge is -2.31. The molecular weight excluding hydrogens is 324 g/mol. The normalized spacial score (nSPS) is 15.3. The highest BCUT2D eigenvalue weighted by atomic mass is 35.5. The molecule has 0 radical (unpaired) electrons. The molecule has 1 saturated heterocycles. The van der Waals surface area contributed by atoms with Crippen molar-refractivity contribution in [3.05, 3.63) is 53.4 Å². The van der Waals surface area contributed by atoms with Gasteiger partial charge in [-0.3, -0.25) is 9.78 Å². The second kappa shape index (κ2) is 8.11. The molecule has 1 aromatic heterocycles. The molecule has 24 heavy (non-hydrogen) atoms. The van der Waals surface area contributed by atoms with Gasteiger partial charge in [0, 0.05) is 43.0 Å². The first-order valence-electron chi connectivity index (χ1n) is 8.25. The number of hydrogen-bond acceptors (Lipinski definition) is 4. The molecule has 2 heterocycles. The molecule has 2 aromatic rings. The summed E-state index contributed by atoms with van der Waals surface area (Å²) in [5, 5.41) is 3.78. The number of benzene rings is 1. The van der Waals surface area contributed by atoms with Gasteiger partial charge in [-0.25, -0.2) is 4.98 Å². The predicted molar refractivity (Wildman–Crippen MR) is 95.1 cm³/mol. The monoisotopic (exact) mass is 344 g/mol. The van der Waals surface area contributed by atoms with Gasteiger partial charge >= 0.3 is 0 Å². The Kier molecular flexibility index (Phi) is 5.64. The minimum absolute atomic E-state index is 0.0808. The standard InChI is InChI=1S/C18H21ClN4O/c19-16-3-1-2-14(12-16)4-7-22-18(24)15-5-10-23(11-6-15)17-13-20-8-9-21-17/h1-3,8-9,12-13,15H,4-7,10-11H2,(H,22,24). The number of nitrogens with one attached hydrogen (secondary N) is 1. The van der Waals surface area contributed by atoms with Gasteiger partial charge in [0.15, 0.2) is 0 Å². The van der Waals surface area contributed by atoms with E-state index in [0.29, 0.717) is 6.54 Å². The van der Waals surface area contributed by atoms with Crippen LogP contribution >= 0.6 is 11.6 Å². The fraction of sp³-hybridized carbons (Fsp3) is 0.389. The summed E-state index contributed by atoms with van der Waals surface area (Å²) in [6.07, 6.45) is 7.63. The minimum Gasteiger partial charge on any atom is -0.356 e. The molecule has 1 N–H and O–H groups in total. The van der Waals surface area contributed by atoms with Gasteiger partial charge in [-0.1, -0.05) is 23.7 Å². The van der Waals surface area contributed by atoms with Gasteiger partial charge in [0.25, 0.3) is 0 Å². The Balaban J connectivity index is 1.42. The zero-order valence-corrected chi connectivity index (χ0v) is 14.2. The summed E-state index contributed by atoms with van der Waals surface area (Å²) in [7, 11) is 0. The molecule has 1 aliphatic rings. The number of hydrogen-bond donors (Lipinski definition) is 1. The van der Waals surface area contributed by atoms with Gasteiger partial charge in [-0.2, -0.15) is 0 Å². The average molecular weight is 345 g/mol. The number of rotatable bonds is 5. The van der Waals surface area contributed by atoms with Crippen molar-refractivity contribution in [1.29, 1.82) is 0 Å². The Morgan fingerprint density at radius 3 is 2.83 bits per heavy atom. The Bertz CT molecular complexity index is 672. The van der Waals surface area contributed by atoms with E-state index >= 15 is 0 Å². The number of nitrogens with zero attached hydrogens (tertiary/aromatic N) is 3. The number of carbonyl (C=O) groups excluding carboxylic acids is 1. The van der Waals surface area contributed by atoms with Crippen molar-refractivity contribution in [2.24, 2.45) is 5.92 Å². The van der Waals surface area contributed by atoms with Crippen LogP contribution in [0.15, 0.2) is 42.9 Å². The zero-order chi connectivity index (χ0) is 16.8. The molecule has 1 fully saturated rings. The van der Waals surface area contributed by atoms with Crippen LogP contribution < -0.4 is 10.2 Å². The molecule has 0 saturated carbocycles. The topological polar surface area (TPSA) is 58.1 Å². The Morgan fingerprint density at radius 2 is 2.12 bits per heavy atom. The zero-order valence-electron chi connectivity index (χ0n) is 13.5. The maximum Gasteiger partial charge on any atom is 0.223 e. The lowest BCUT2D eigenvalue weighted by molar-refractivity contribution is -0.125. The lowest BCUT2D eigenvalue weighted by Crippen LogP contribution is -2.41. The van der Waals surface area contributed by atoms with Crippen LogP contribution in [0.1, 0.15) is 18.4 Å². The van der Waals surface area contributed by atoms with Crippen LogP contribution in [0.25, 0.3) is 0 Å². The largest absolute Gasteiger partial charge is 0.356 e. The maximum absolute atomic E-state index is 12.3. The first-order valence-corrected chi connectivity index (χ1v) is 8.63. The molecule has 3 rings (SSSR count). The van der Waals surface area contributed by atoms with Gasteiger partial charge in [-0.15, -0.1) is 0 Å². The smallest absolute Gasteiger partial charge is 0.223 e. The van der Waals surface area contributed by atoms with E-state index in [0.717, 1.165) is 48.8 Å². The van der Waals surface area contributed by atoms with E-state index in [4.69, 9.17) is 11.6 Å². The van der Waals surface area contributed by atoms with Crippen molar-refractivity contribution >= 4 is 23.3 Å². The first kappa shape index (κ1) is 16.7. The third kappa shape index (κ3) is 4.45. The highest BCUT2D eigenvalue weighted by Gasteiger charge is 2.25. The van der Waals surface area contributed by atoms with Crippen molar-refractivity contribution in [3.63, 3.8) is 0 Å². The maximum atomic E-state index is 12.3. The van der Waals surface area contributed by atoms with E-state index in [9.17, 15) is 4.79 Å². The van der Waals surface area contributed by atoms with Crippen molar-refractivity contribution in [3.8, 4) is 0 Å². The predicted octanol–water partition coefficient (Wildman–Crippen LogP) is 2.71. The molecule has 0 bridgehead atoms. The number of carbonyl (C=O) groups is 1. The fourth-order valence-corrected chi connectivity index (χ4v) is 3.21. The molecule has 6 heteroatoms. The molecule has 126 valence electrons. The second-order valence-electron chi connectivity index (χ2n) is 6.00. The molecule has 1 amide bonds. The SMILES string of the molecule is O=C(NCCc1cccc(Cl)c1)C1CCN(c2cnccn2)CC1. The van der Waals surface area contributed by atoms with E-state index in [-0.39, 0.29) is 11.8 Å². The summed E-state index contributed by atoms with van der Waals surface area (Å²) in [6, 6.07) is 7.75. The minimum atomic E-state index is 0.0808. The van der Waals surface area contributed by atoms with Crippen LogP contribution in [0, 0.1) is 5.92 Å². The Hall–Kier alpha value is -2.14. The summed E-state index contributed by atoms with van der Waals surface area (Å²) in [5.41, 5.74) is 1.14. The van der Waals surface area contributed by atoms with E-state index in [1.54, 1.807) is 18.6 Å². The number of piperidine rings is 1. The molecular formula is C18H21ClN4O. The first-order chi connectivity index (χ1) is 11.7. The fourth-order valence-electron chi connectivity index (χ4n) is 2.99. The van der Waals surface area contributed by atoms with Crippen LogP contribution in [-0.2, 0) is 11.2 Å². The van der Waals surface area contributed by atoms with Gasteiger partial charge in [-0.05, 0) is 37.0 Å².